The molecular weight excluding hydrogens is 160 g/mol. The molecule has 0 fully saturated rings. The van der Waals surface area contributed by atoms with Crippen LogP contribution in [-0.4, -0.2) is 31.4 Å². The molecular formula is C2H7N4O3S-. The van der Waals surface area contributed by atoms with Gasteiger partial charge in [0, 0.05) is 14.1 Å². The SMILES string of the molecule is CN(C)S(=O)(=O)O.[N-]=[N+]=[N-]. The molecule has 7 nitrogen and oxygen atoms in total. The van der Waals surface area contributed by atoms with Crippen molar-refractivity contribution in [1.82, 2.24) is 4.31 Å². The number of hydrogen-bond donors (Lipinski definition) is 1. The van der Waals surface area contributed by atoms with Crippen molar-refractivity contribution in [2.75, 3.05) is 14.1 Å². The van der Waals surface area contributed by atoms with Crippen molar-refractivity contribution in [2.45, 2.75) is 0 Å². The van der Waals surface area contributed by atoms with Crippen LogP contribution in [0.5, 0.6) is 0 Å². The third-order valence-corrected chi connectivity index (χ3v) is 1.38. The van der Waals surface area contributed by atoms with Gasteiger partial charge in [0.25, 0.3) is 0 Å². The van der Waals surface area contributed by atoms with Gasteiger partial charge in [0.05, 0.1) is 0 Å². The molecule has 0 aliphatic rings. The molecule has 0 atom stereocenters. The molecule has 0 spiro atoms. The first-order chi connectivity index (χ1) is 4.36. The van der Waals surface area contributed by atoms with Gasteiger partial charge in [-0.2, -0.15) is 12.7 Å². The van der Waals surface area contributed by atoms with E-state index in [0.29, 0.717) is 4.31 Å². The third kappa shape index (κ3) is 10.2. The van der Waals surface area contributed by atoms with Gasteiger partial charge in [0.15, 0.2) is 0 Å². The Morgan fingerprint density at radius 3 is 1.50 bits per heavy atom. The summed E-state index contributed by atoms with van der Waals surface area (Å²) in [5.41, 5.74) is 13.5. The molecule has 0 saturated carbocycles. The maximum Gasteiger partial charge on any atom is 0.335 e. The summed E-state index contributed by atoms with van der Waals surface area (Å²) in [6.45, 7) is 0. The van der Waals surface area contributed by atoms with E-state index >= 15 is 0 Å². The summed E-state index contributed by atoms with van der Waals surface area (Å²) >= 11 is 0. The van der Waals surface area contributed by atoms with Crippen molar-refractivity contribution in [3.05, 3.63) is 16.0 Å². The van der Waals surface area contributed by atoms with Crippen molar-refractivity contribution in [3.8, 4) is 0 Å². The van der Waals surface area contributed by atoms with Gasteiger partial charge in [-0.15, -0.1) is 0 Å². The van der Waals surface area contributed by atoms with Crippen molar-refractivity contribution in [1.29, 1.82) is 0 Å². The molecule has 0 amide bonds. The maximum atomic E-state index is 9.81. The highest BCUT2D eigenvalue weighted by Gasteiger charge is 2.03. The topological polar surface area (TPSA) is 116 Å². The molecule has 0 aromatic carbocycles. The van der Waals surface area contributed by atoms with E-state index in [-0.39, 0.29) is 0 Å². The summed E-state index contributed by atoms with van der Waals surface area (Å²) in [6, 6.07) is 0. The average Bonchev–Trinajstić information content (AvgIpc) is 1.64. The van der Waals surface area contributed by atoms with Gasteiger partial charge in [0.1, 0.15) is 0 Å². The van der Waals surface area contributed by atoms with Gasteiger partial charge in [-0.05, 0) is 0 Å². The van der Waals surface area contributed by atoms with Crippen LogP contribution in [-0.2, 0) is 10.3 Å². The minimum atomic E-state index is -3.91. The second-order valence-electron chi connectivity index (χ2n) is 1.35. The van der Waals surface area contributed by atoms with Gasteiger partial charge in [0.2, 0.25) is 0 Å². The molecule has 0 unspecified atom stereocenters. The van der Waals surface area contributed by atoms with Gasteiger partial charge in [-0.3, -0.25) is 9.46 Å². The van der Waals surface area contributed by atoms with Crippen LogP contribution >= 0.6 is 0 Å². The Balaban J connectivity index is 0. The molecule has 0 radical (unpaired) electrons. The van der Waals surface area contributed by atoms with Crippen molar-refractivity contribution >= 4 is 10.3 Å². The summed E-state index contributed by atoms with van der Waals surface area (Å²) in [7, 11) is -1.42. The zero-order valence-electron chi connectivity index (χ0n) is 5.46. The summed E-state index contributed by atoms with van der Waals surface area (Å²) in [6.07, 6.45) is 0. The lowest BCUT2D eigenvalue weighted by molar-refractivity contribution is 0.416. The molecule has 0 aromatic heterocycles. The summed E-state index contributed by atoms with van der Waals surface area (Å²) in [4.78, 5) is 1.50. The third-order valence-electron chi connectivity index (χ3n) is 0.461. The van der Waals surface area contributed by atoms with Gasteiger partial charge in [-0.25, -0.2) is 0 Å². The first-order valence-electron chi connectivity index (χ1n) is 1.99. The predicted octanol–water partition coefficient (Wildman–Crippen LogP) is 0.217. The van der Waals surface area contributed by atoms with E-state index in [1.165, 1.54) is 19.0 Å². The maximum absolute atomic E-state index is 9.81. The van der Waals surface area contributed by atoms with E-state index in [0.717, 1.165) is 0 Å². The molecule has 1 N–H and O–H groups in total. The molecule has 8 heteroatoms. The summed E-state index contributed by atoms with van der Waals surface area (Å²) in [5.74, 6) is 0. The lowest BCUT2D eigenvalue weighted by atomic mass is 11.3. The zero-order chi connectivity index (χ0) is 8.78. The zero-order valence-corrected chi connectivity index (χ0v) is 6.28. The van der Waals surface area contributed by atoms with Crippen LogP contribution in [0.25, 0.3) is 16.0 Å². The molecule has 0 heterocycles. The lowest BCUT2D eigenvalue weighted by Crippen LogP contribution is -2.20. The highest BCUT2D eigenvalue weighted by Crippen LogP contribution is 1.82. The normalized spacial score (nSPS) is 9.60. The molecule has 60 valence electrons. The Morgan fingerprint density at radius 2 is 1.50 bits per heavy atom. The standard InChI is InChI=1S/C2H7NO3S.N3/c1-3(2)7(4,5)6;1-3-2/h1-2H3,(H,4,5,6);/q;-1. The Bertz CT molecular complexity index is 201. The second-order valence-corrected chi connectivity index (χ2v) is 2.98. The lowest BCUT2D eigenvalue weighted by Gasteiger charge is -2.00. The van der Waals surface area contributed by atoms with E-state index < -0.39 is 10.3 Å². The van der Waals surface area contributed by atoms with Gasteiger partial charge >= 0.3 is 10.3 Å². The van der Waals surface area contributed by atoms with Crippen LogP contribution in [0.3, 0.4) is 0 Å². The summed E-state index contributed by atoms with van der Waals surface area (Å²) < 4.78 is 28.3. The number of rotatable bonds is 1. The molecule has 0 aromatic rings. The van der Waals surface area contributed by atoms with Crippen molar-refractivity contribution in [2.24, 2.45) is 0 Å². The quantitative estimate of drug-likeness (QED) is 0.260. The highest BCUT2D eigenvalue weighted by molar-refractivity contribution is 7.83. The van der Waals surface area contributed by atoms with E-state index in [4.69, 9.17) is 15.6 Å². The minimum absolute atomic E-state index is 0.715. The van der Waals surface area contributed by atoms with Crippen LogP contribution in [0, 0.1) is 0 Å². The highest BCUT2D eigenvalue weighted by atomic mass is 32.2. The second kappa shape index (κ2) is 5.00. The first-order valence-corrected chi connectivity index (χ1v) is 3.39. The van der Waals surface area contributed by atoms with E-state index in [1.54, 1.807) is 0 Å². The fraction of sp³-hybridized carbons (Fsp3) is 1.00. The van der Waals surface area contributed by atoms with E-state index in [2.05, 4.69) is 0 Å². The molecule has 0 aliphatic heterocycles. The van der Waals surface area contributed by atoms with E-state index in [9.17, 15) is 8.42 Å². The molecule has 0 saturated heterocycles. The molecule has 0 aliphatic carbocycles. The number of hydrogen-bond acceptors (Lipinski definition) is 2. The van der Waals surface area contributed by atoms with Crippen LogP contribution in [0.4, 0.5) is 0 Å². The Hall–Kier alpha value is -0.820. The Labute approximate surface area is 58.6 Å². The van der Waals surface area contributed by atoms with Crippen molar-refractivity contribution in [3.63, 3.8) is 0 Å². The molecule has 0 bridgehead atoms. The van der Waals surface area contributed by atoms with Crippen LogP contribution in [0.1, 0.15) is 0 Å². The van der Waals surface area contributed by atoms with Gasteiger partial charge < -0.3 is 11.1 Å². The fourth-order valence-corrected chi connectivity index (χ4v) is 0. The molecule has 0 rings (SSSR count). The monoisotopic (exact) mass is 167 g/mol. The predicted molar refractivity (Wildman–Crippen MR) is 35.3 cm³/mol. The Morgan fingerprint density at radius 1 is 1.40 bits per heavy atom. The van der Waals surface area contributed by atoms with E-state index in [1.807, 2.05) is 0 Å². The smallest absolute Gasteiger partial charge is 0.335 e. The first kappa shape index (κ1) is 11.9. The molecule has 10 heavy (non-hydrogen) atoms. The number of nitrogens with zero attached hydrogens (tertiary/aromatic N) is 4. The van der Waals surface area contributed by atoms with Gasteiger partial charge in [-0.1, -0.05) is 0 Å². The van der Waals surface area contributed by atoms with Crippen LogP contribution < -0.4 is 0 Å². The van der Waals surface area contributed by atoms with Crippen LogP contribution in [0.15, 0.2) is 0 Å². The Kier molecular flexibility index (Phi) is 5.96. The largest absolute Gasteiger partial charge is 0.373 e. The average molecular weight is 167 g/mol. The fourth-order valence-electron chi connectivity index (χ4n) is 0. The minimum Gasteiger partial charge on any atom is -0.373 e. The summed E-state index contributed by atoms with van der Waals surface area (Å²) in [5, 5.41) is 0. The van der Waals surface area contributed by atoms with Crippen molar-refractivity contribution < 1.29 is 13.0 Å². The van der Waals surface area contributed by atoms with Crippen LogP contribution in [0.2, 0.25) is 0 Å².